The second-order valence-corrected chi connectivity index (χ2v) is 5.61. The SMILES string of the molecule is C/C=C/C=C/C(=O)OCC(=O)Nc1ccc(C(=O)OCC(C)C)cc1. The quantitative estimate of drug-likeness (QED) is 0.445. The number of nitrogens with one attached hydrogen (secondary N) is 1. The highest BCUT2D eigenvalue weighted by Crippen LogP contribution is 2.11. The van der Waals surface area contributed by atoms with Crippen molar-refractivity contribution in [2.75, 3.05) is 18.5 Å². The Labute approximate surface area is 147 Å². The molecule has 0 radical (unpaired) electrons. The first-order valence-electron chi connectivity index (χ1n) is 7.95. The molecule has 6 nitrogen and oxygen atoms in total. The van der Waals surface area contributed by atoms with Crippen molar-refractivity contribution in [1.82, 2.24) is 0 Å². The molecule has 0 heterocycles. The highest BCUT2D eigenvalue weighted by molar-refractivity contribution is 5.95. The van der Waals surface area contributed by atoms with Crippen LogP contribution in [0, 0.1) is 5.92 Å². The van der Waals surface area contributed by atoms with Crippen LogP contribution in [0.3, 0.4) is 0 Å². The van der Waals surface area contributed by atoms with Crippen molar-refractivity contribution < 1.29 is 23.9 Å². The summed E-state index contributed by atoms with van der Waals surface area (Å²) < 4.78 is 9.91. The first-order chi connectivity index (χ1) is 11.9. The van der Waals surface area contributed by atoms with E-state index in [-0.39, 0.29) is 5.92 Å². The number of esters is 2. The number of hydrogen-bond donors (Lipinski definition) is 1. The molecule has 1 aromatic carbocycles. The molecule has 0 aromatic heterocycles. The molecule has 6 heteroatoms. The van der Waals surface area contributed by atoms with Crippen LogP contribution in [0.5, 0.6) is 0 Å². The zero-order valence-corrected chi connectivity index (χ0v) is 14.7. The van der Waals surface area contributed by atoms with Gasteiger partial charge in [-0.1, -0.05) is 32.1 Å². The molecular formula is C19H23NO5. The van der Waals surface area contributed by atoms with Gasteiger partial charge in [-0.25, -0.2) is 9.59 Å². The largest absolute Gasteiger partial charge is 0.462 e. The van der Waals surface area contributed by atoms with E-state index in [0.29, 0.717) is 17.9 Å². The lowest BCUT2D eigenvalue weighted by Gasteiger charge is -2.08. The van der Waals surface area contributed by atoms with Crippen LogP contribution in [-0.2, 0) is 19.1 Å². The molecule has 0 aliphatic rings. The molecule has 1 amide bonds. The summed E-state index contributed by atoms with van der Waals surface area (Å²) in [5.74, 6) is -1.22. The molecule has 0 bridgehead atoms. The number of amides is 1. The van der Waals surface area contributed by atoms with Gasteiger partial charge in [-0.3, -0.25) is 4.79 Å². The summed E-state index contributed by atoms with van der Waals surface area (Å²) in [6, 6.07) is 6.28. The Kier molecular flexibility index (Phi) is 8.71. The van der Waals surface area contributed by atoms with Crippen LogP contribution in [0.25, 0.3) is 0 Å². The summed E-state index contributed by atoms with van der Waals surface area (Å²) in [7, 11) is 0. The normalized spacial score (nSPS) is 11.0. The molecule has 134 valence electrons. The molecular weight excluding hydrogens is 322 g/mol. The van der Waals surface area contributed by atoms with Gasteiger partial charge >= 0.3 is 11.9 Å². The zero-order chi connectivity index (χ0) is 18.7. The summed E-state index contributed by atoms with van der Waals surface area (Å²) in [6.07, 6.45) is 6.19. The highest BCUT2D eigenvalue weighted by Gasteiger charge is 2.09. The highest BCUT2D eigenvalue weighted by atomic mass is 16.5. The number of ether oxygens (including phenoxy) is 2. The summed E-state index contributed by atoms with van der Waals surface area (Å²) in [5.41, 5.74) is 0.894. The predicted molar refractivity (Wildman–Crippen MR) is 95.1 cm³/mol. The summed E-state index contributed by atoms with van der Waals surface area (Å²) in [5, 5.41) is 2.57. The molecule has 1 N–H and O–H groups in total. The summed E-state index contributed by atoms with van der Waals surface area (Å²) >= 11 is 0. The molecule has 0 aliphatic heterocycles. The van der Waals surface area contributed by atoms with Crippen LogP contribution in [0.2, 0.25) is 0 Å². The molecule has 0 saturated heterocycles. The third-order valence-corrected chi connectivity index (χ3v) is 2.83. The minimum atomic E-state index is -0.600. The smallest absolute Gasteiger partial charge is 0.338 e. The fourth-order valence-electron chi connectivity index (χ4n) is 1.64. The topological polar surface area (TPSA) is 81.7 Å². The Balaban J connectivity index is 2.45. The van der Waals surface area contributed by atoms with Gasteiger partial charge in [-0.05, 0) is 37.1 Å². The molecule has 0 fully saturated rings. The average molecular weight is 345 g/mol. The van der Waals surface area contributed by atoms with Gasteiger partial charge in [0.05, 0.1) is 12.2 Å². The Morgan fingerprint density at radius 1 is 1.08 bits per heavy atom. The third-order valence-electron chi connectivity index (χ3n) is 2.83. The van der Waals surface area contributed by atoms with Crippen molar-refractivity contribution in [3.63, 3.8) is 0 Å². The third kappa shape index (κ3) is 8.50. The second-order valence-electron chi connectivity index (χ2n) is 5.61. The predicted octanol–water partition coefficient (Wildman–Crippen LogP) is 3.11. The average Bonchev–Trinajstić information content (AvgIpc) is 2.58. The van der Waals surface area contributed by atoms with Crippen LogP contribution in [-0.4, -0.2) is 31.1 Å². The van der Waals surface area contributed by atoms with E-state index >= 15 is 0 Å². The van der Waals surface area contributed by atoms with E-state index in [1.165, 1.54) is 12.2 Å². The van der Waals surface area contributed by atoms with Crippen molar-refractivity contribution in [3.8, 4) is 0 Å². The lowest BCUT2D eigenvalue weighted by atomic mass is 10.2. The number of allylic oxidation sites excluding steroid dienone is 3. The van der Waals surface area contributed by atoms with Crippen molar-refractivity contribution in [2.24, 2.45) is 5.92 Å². The van der Waals surface area contributed by atoms with Crippen LogP contribution in [0.15, 0.2) is 48.6 Å². The van der Waals surface area contributed by atoms with Crippen LogP contribution in [0.4, 0.5) is 5.69 Å². The number of rotatable bonds is 8. The molecule has 1 aromatic rings. The Morgan fingerprint density at radius 2 is 1.76 bits per heavy atom. The fraction of sp³-hybridized carbons (Fsp3) is 0.316. The number of anilines is 1. The Hall–Kier alpha value is -2.89. The first kappa shape index (κ1) is 20.2. The van der Waals surface area contributed by atoms with Crippen molar-refractivity contribution >= 4 is 23.5 Å². The van der Waals surface area contributed by atoms with Gasteiger partial charge in [0.2, 0.25) is 0 Å². The summed E-state index contributed by atoms with van der Waals surface area (Å²) in [6.45, 7) is 5.69. The standard InChI is InChI=1S/C19H23NO5/c1-4-5-6-7-18(22)24-13-17(21)20-16-10-8-15(9-11-16)19(23)25-12-14(2)3/h4-11,14H,12-13H2,1-3H3,(H,20,21)/b5-4+,7-6+. The van der Waals surface area contributed by atoms with Crippen LogP contribution < -0.4 is 5.32 Å². The minimum Gasteiger partial charge on any atom is -0.462 e. The van der Waals surface area contributed by atoms with E-state index in [1.54, 1.807) is 36.4 Å². The van der Waals surface area contributed by atoms with Gasteiger partial charge in [0.25, 0.3) is 5.91 Å². The van der Waals surface area contributed by atoms with E-state index in [4.69, 9.17) is 9.47 Å². The van der Waals surface area contributed by atoms with Gasteiger partial charge in [-0.2, -0.15) is 0 Å². The maximum atomic E-state index is 11.8. The van der Waals surface area contributed by atoms with E-state index in [0.717, 1.165) is 0 Å². The molecule has 1 rings (SSSR count). The summed E-state index contributed by atoms with van der Waals surface area (Å²) in [4.78, 5) is 34.8. The Bertz CT molecular complexity index is 644. The van der Waals surface area contributed by atoms with Crippen LogP contribution >= 0.6 is 0 Å². The molecule has 0 saturated carbocycles. The van der Waals surface area contributed by atoms with Crippen molar-refractivity contribution in [3.05, 3.63) is 54.1 Å². The zero-order valence-electron chi connectivity index (χ0n) is 14.7. The van der Waals surface area contributed by atoms with Gasteiger partial charge < -0.3 is 14.8 Å². The monoisotopic (exact) mass is 345 g/mol. The number of hydrogen-bond acceptors (Lipinski definition) is 5. The van der Waals surface area contributed by atoms with Gasteiger partial charge in [0, 0.05) is 11.8 Å². The number of carbonyl (C=O) groups excluding carboxylic acids is 3. The van der Waals surface area contributed by atoms with Crippen molar-refractivity contribution in [1.29, 1.82) is 0 Å². The van der Waals surface area contributed by atoms with E-state index in [2.05, 4.69) is 5.32 Å². The van der Waals surface area contributed by atoms with E-state index in [9.17, 15) is 14.4 Å². The maximum Gasteiger partial charge on any atom is 0.338 e. The van der Waals surface area contributed by atoms with Crippen LogP contribution in [0.1, 0.15) is 31.1 Å². The maximum absolute atomic E-state index is 11.8. The number of benzene rings is 1. The molecule has 0 atom stereocenters. The Morgan fingerprint density at radius 3 is 2.36 bits per heavy atom. The van der Waals surface area contributed by atoms with Crippen molar-refractivity contribution in [2.45, 2.75) is 20.8 Å². The second kappa shape index (κ2) is 10.8. The minimum absolute atomic E-state index is 0.262. The lowest BCUT2D eigenvalue weighted by Crippen LogP contribution is -2.20. The molecule has 0 unspecified atom stereocenters. The van der Waals surface area contributed by atoms with E-state index in [1.807, 2.05) is 20.8 Å². The van der Waals surface area contributed by atoms with Gasteiger partial charge in [-0.15, -0.1) is 0 Å². The lowest BCUT2D eigenvalue weighted by molar-refractivity contribution is -0.142. The molecule has 0 spiro atoms. The molecule has 25 heavy (non-hydrogen) atoms. The van der Waals surface area contributed by atoms with Gasteiger partial charge in [0.15, 0.2) is 6.61 Å². The van der Waals surface area contributed by atoms with E-state index < -0.39 is 24.5 Å². The molecule has 0 aliphatic carbocycles. The first-order valence-corrected chi connectivity index (χ1v) is 7.95. The fourth-order valence-corrected chi connectivity index (χ4v) is 1.64. The number of carbonyl (C=O) groups is 3. The van der Waals surface area contributed by atoms with Gasteiger partial charge in [0.1, 0.15) is 0 Å².